The molecule has 0 spiro atoms. The number of carbonyl (C=O) groups excluding carboxylic acids is 1. The molecular formula is C18H13N2OSe. The number of carbonyl (C=O) groups is 1. The molecule has 1 radical (unpaired) electrons. The predicted molar refractivity (Wildman–Crippen MR) is 90.7 cm³/mol. The first kappa shape index (κ1) is 14.5. The zero-order valence-electron chi connectivity index (χ0n) is 11.7. The van der Waals surface area contributed by atoms with E-state index in [9.17, 15) is 4.79 Å². The van der Waals surface area contributed by atoms with Crippen LogP contribution in [-0.4, -0.2) is 26.7 Å². The molecule has 0 aliphatic carbocycles. The monoisotopic (exact) mass is 353 g/mol. The van der Waals surface area contributed by atoms with Crippen molar-refractivity contribution in [3.63, 3.8) is 0 Å². The summed E-state index contributed by atoms with van der Waals surface area (Å²) < 4.78 is 0.448. The molecule has 0 unspecified atom stereocenters. The fourth-order valence-corrected chi connectivity index (χ4v) is 2.57. The number of nitrogens with zero attached hydrogens (tertiary/aromatic N) is 1. The molecule has 0 saturated carbocycles. The van der Waals surface area contributed by atoms with E-state index in [0.717, 1.165) is 16.5 Å². The van der Waals surface area contributed by atoms with Crippen LogP contribution in [0.1, 0.15) is 10.4 Å². The van der Waals surface area contributed by atoms with Crippen LogP contribution >= 0.6 is 0 Å². The Morgan fingerprint density at radius 3 is 2.32 bits per heavy atom. The molecule has 3 rings (SSSR count). The Morgan fingerprint density at radius 2 is 1.55 bits per heavy atom. The quantitative estimate of drug-likeness (QED) is 0.429. The molecule has 3 nitrogen and oxygen atoms in total. The van der Waals surface area contributed by atoms with Crippen LogP contribution in [0, 0.1) is 0 Å². The van der Waals surface area contributed by atoms with Crippen molar-refractivity contribution in [2.75, 3.05) is 0 Å². The van der Waals surface area contributed by atoms with Gasteiger partial charge in [-0.2, -0.15) is 0 Å². The summed E-state index contributed by atoms with van der Waals surface area (Å²) in [6, 6.07) is 23.1. The third kappa shape index (κ3) is 3.42. The van der Waals surface area contributed by atoms with E-state index >= 15 is 0 Å². The summed E-state index contributed by atoms with van der Waals surface area (Å²) in [5.41, 5.74) is 1.39. The van der Waals surface area contributed by atoms with E-state index in [1.807, 2.05) is 54.6 Å². The van der Waals surface area contributed by atoms with Crippen LogP contribution in [0.15, 0.2) is 77.8 Å². The van der Waals surface area contributed by atoms with Crippen molar-refractivity contribution in [1.29, 1.82) is 0 Å². The van der Waals surface area contributed by atoms with Gasteiger partial charge in [0.1, 0.15) is 0 Å². The molecule has 1 N–H and O–H groups in total. The second kappa shape index (κ2) is 6.56. The van der Waals surface area contributed by atoms with Crippen LogP contribution in [0.3, 0.4) is 0 Å². The summed E-state index contributed by atoms with van der Waals surface area (Å²) in [4.78, 5) is 16.4. The molecule has 0 saturated heterocycles. The Hall–Kier alpha value is -2.42. The van der Waals surface area contributed by atoms with Gasteiger partial charge in [-0.1, -0.05) is 0 Å². The third-order valence-electron chi connectivity index (χ3n) is 3.22. The molecule has 3 aromatic rings. The van der Waals surface area contributed by atoms with E-state index in [-0.39, 0.29) is 5.91 Å². The van der Waals surface area contributed by atoms with Gasteiger partial charge in [0.2, 0.25) is 0 Å². The van der Waals surface area contributed by atoms with Gasteiger partial charge in [0.05, 0.1) is 0 Å². The number of amidine groups is 1. The van der Waals surface area contributed by atoms with Crippen molar-refractivity contribution in [2.24, 2.45) is 4.99 Å². The summed E-state index contributed by atoms with van der Waals surface area (Å²) in [5, 5.41) is 5.03. The summed E-state index contributed by atoms with van der Waals surface area (Å²) in [7, 11) is 0. The second-order valence-electron chi connectivity index (χ2n) is 4.77. The molecule has 4 heteroatoms. The molecule has 0 aliphatic heterocycles. The fraction of sp³-hybridized carbons (Fsp3) is 0. The minimum atomic E-state index is -0.182. The van der Waals surface area contributed by atoms with Crippen LogP contribution in [0.2, 0.25) is 0 Å². The number of nitrogens with one attached hydrogen (secondary N) is 1. The Morgan fingerprint density at radius 1 is 0.864 bits per heavy atom. The Balaban J connectivity index is 1.79. The predicted octanol–water partition coefficient (Wildman–Crippen LogP) is 3.43. The summed E-state index contributed by atoms with van der Waals surface area (Å²) in [6.45, 7) is 0. The Bertz CT molecular complexity index is 844. The van der Waals surface area contributed by atoms with Crippen molar-refractivity contribution in [3.05, 3.63) is 78.4 Å². The summed E-state index contributed by atoms with van der Waals surface area (Å²) >= 11 is 2.79. The van der Waals surface area contributed by atoms with Gasteiger partial charge in [-0.25, -0.2) is 0 Å². The normalized spacial score (nSPS) is 11.4. The van der Waals surface area contributed by atoms with Gasteiger partial charge >= 0.3 is 137 Å². The van der Waals surface area contributed by atoms with E-state index in [2.05, 4.69) is 32.4 Å². The second-order valence-corrected chi connectivity index (χ2v) is 5.58. The maximum absolute atomic E-state index is 12.0. The van der Waals surface area contributed by atoms with E-state index in [1.165, 1.54) is 0 Å². The van der Waals surface area contributed by atoms with Crippen molar-refractivity contribution in [1.82, 2.24) is 5.32 Å². The molecule has 107 valence electrons. The number of hydrogen-bond acceptors (Lipinski definition) is 2. The first-order valence-electron chi connectivity index (χ1n) is 6.83. The van der Waals surface area contributed by atoms with Gasteiger partial charge in [-0.15, -0.1) is 0 Å². The molecule has 0 fully saturated rings. The number of rotatable bonds is 2. The first-order chi connectivity index (χ1) is 10.7. The molecule has 22 heavy (non-hydrogen) atoms. The molecule has 0 aromatic heterocycles. The molecule has 1 amide bonds. The van der Waals surface area contributed by atoms with Crippen LogP contribution < -0.4 is 5.32 Å². The number of aliphatic imine (C=N–C) groups is 1. The first-order valence-corrected chi connectivity index (χ1v) is 7.69. The fourth-order valence-electron chi connectivity index (χ4n) is 2.15. The molecule has 0 aliphatic rings. The SMILES string of the molecule is O=C(NC([Se])=Nc1ccc2ccccc2c1)c1ccccc1. The van der Waals surface area contributed by atoms with Crippen molar-refractivity contribution in [3.8, 4) is 0 Å². The van der Waals surface area contributed by atoms with Crippen LogP contribution in [0.25, 0.3) is 10.8 Å². The van der Waals surface area contributed by atoms with E-state index in [1.54, 1.807) is 12.1 Å². The van der Waals surface area contributed by atoms with Gasteiger partial charge in [-0.05, 0) is 0 Å². The van der Waals surface area contributed by atoms with Crippen LogP contribution in [0.5, 0.6) is 0 Å². The zero-order chi connectivity index (χ0) is 15.4. The average molecular weight is 352 g/mol. The van der Waals surface area contributed by atoms with Crippen molar-refractivity contribution < 1.29 is 4.79 Å². The number of hydrogen-bond donors (Lipinski definition) is 1. The number of benzene rings is 3. The number of fused-ring (bicyclic) bond motifs is 1. The van der Waals surface area contributed by atoms with E-state index in [4.69, 9.17) is 0 Å². The van der Waals surface area contributed by atoms with Crippen LogP contribution in [0.4, 0.5) is 5.69 Å². The summed E-state index contributed by atoms with van der Waals surface area (Å²) in [6.07, 6.45) is 0. The van der Waals surface area contributed by atoms with Gasteiger partial charge in [-0.3, -0.25) is 0 Å². The van der Waals surface area contributed by atoms with E-state index < -0.39 is 0 Å². The average Bonchev–Trinajstić information content (AvgIpc) is 2.55. The van der Waals surface area contributed by atoms with E-state index in [0.29, 0.717) is 10.3 Å². The molecule has 0 heterocycles. The zero-order valence-corrected chi connectivity index (χ0v) is 13.4. The summed E-state index contributed by atoms with van der Waals surface area (Å²) in [5.74, 6) is -0.182. The van der Waals surface area contributed by atoms with Gasteiger partial charge in [0, 0.05) is 0 Å². The minimum absolute atomic E-state index is 0.182. The van der Waals surface area contributed by atoms with Crippen molar-refractivity contribution in [2.45, 2.75) is 0 Å². The Labute approximate surface area is 136 Å². The molecular weight excluding hydrogens is 339 g/mol. The molecule has 0 atom stereocenters. The molecule has 0 bridgehead atoms. The maximum atomic E-state index is 12.0. The van der Waals surface area contributed by atoms with Crippen LogP contribution in [-0.2, 0) is 0 Å². The number of amides is 1. The van der Waals surface area contributed by atoms with Crippen molar-refractivity contribution >= 4 is 43.1 Å². The third-order valence-corrected chi connectivity index (χ3v) is 3.63. The molecule has 3 aromatic carbocycles. The van der Waals surface area contributed by atoms with Gasteiger partial charge in [0.25, 0.3) is 0 Å². The van der Waals surface area contributed by atoms with Gasteiger partial charge in [0.15, 0.2) is 0 Å². The topological polar surface area (TPSA) is 41.5 Å². The van der Waals surface area contributed by atoms with Gasteiger partial charge < -0.3 is 0 Å². The standard InChI is InChI=1S/C18H13N2OSe/c21-17(14-7-2-1-3-8-14)20-18(22)19-16-11-10-13-6-4-5-9-15(13)12-16/h1-12H,(H,19,20,21). The Kier molecular flexibility index (Phi) is 4.33.